The maximum absolute atomic E-state index is 14.5. The molecule has 0 spiro atoms. The maximum atomic E-state index is 14.5. The van der Waals surface area contributed by atoms with Gasteiger partial charge in [0.25, 0.3) is 0 Å². The van der Waals surface area contributed by atoms with E-state index in [-0.39, 0.29) is 23.0 Å². The number of halogens is 2. The first-order valence-electron chi connectivity index (χ1n) is 8.88. The van der Waals surface area contributed by atoms with Crippen LogP contribution < -0.4 is 11.1 Å². The molecule has 0 aliphatic carbocycles. The van der Waals surface area contributed by atoms with E-state index in [1.807, 2.05) is 0 Å². The van der Waals surface area contributed by atoms with Gasteiger partial charge in [-0.3, -0.25) is 0 Å². The standard InChI is InChI=1S/C20H18F2N6O/c1-29-10-9-24-20-25-17(14-7-2-3-8-15(14)22)16-18(23)28(27-19(16)26-20)13-6-4-5-12(21)11-13/h2-8,11H,9-10,23H2,1H3,(H,24,26,27). The summed E-state index contributed by atoms with van der Waals surface area (Å²) < 4.78 is 34.6. The lowest BCUT2D eigenvalue weighted by Gasteiger charge is -2.09. The Hall–Kier alpha value is -3.59. The Balaban J connectivity index is 1.94. The summed E-state index contributed by atoms with van der Waals surface area (Å²) in [5.41, 5.74) is 7.57. The van der Waals surface area contributed by atoms with Gasteiger partial charge in [-0.05, 0) is 30.3 Å². The summed E-state index contributed by atoms with van der Waals surface area (Å²) in [6.07, 6.45) is 0. The zero-order valence-corrected chi connectivity index (χ0v) is 15.6. The first kappa shape index (κ1) is 18.8. The van der Waals surface area contributed by atoms with Crippen LogP contribution in [0.5, 0.6) is 0 Å². The number of nitrogens with one attached hydrogen (secondary N) is 1. The fraction of sp³-hybridized carbons (Fsp3) is 0.150. The Morgan fingerprint density at radius 1 is 1.10 bits per heavy atom. The van der Waals surface area contributed by atoms with Gasteiger partial charge in [0.2, 0.25) is 5.95 Å². The number of nitrogens with two attached hydrogens (primary N) is 1. The highest BCUT2D eigenvalue weighted by Crippen LogP contribution is 2.33. The third-order valence-corrected chi connectivity index (χ3v) is 4.34. The normalized spacial score (nSPS) is 11.1. The van der Waals surface area contributed by atoms with E-state index < -0.39 is 11.6 Å². The lowest BCUT2D eigenvalue weighted by atomic mass is 10.1. The molecule has 0 aliphatic rings. The topological polar surface area (TPSA) is 90.9 Å². The van der Waals surface area contributed by atoms with Gasteiger partial charge in [-0.25, -0.2) is 18.4 Å². The second kappa shape index (κ2) is 7.80. The largest absolute Gasteiger partial charge is 0.383 e. The Bertz CT molecular complexity index is 1180. The van der Waals surface area contributed by atoms with Gasteiger partial charge in [0.05, 0.1) is 23.4 Å². The number of anilines is 2. The van der Waals surface area contributed by atoms with Crippen molar-refractivity contribution in [2.24, 2.45) is 0 Å². The van der Waals surface area contributed by atoms with Crippen LogP contribution >= 0.6 is 0 Å². The van der Waals surface area contributed by atoms with Gasteiger partial charge in [-0.1, -0.05) is 18.2 Å². The first-order chi connectivity index (χ1) is 14.1. The van der Waals surface area contributed by atoms with E-state index in [0.717, 1.165) is 0 Å². The zero-order valence-electron chi connectivity index (χ0n) is 15.6. The zero-order chi connectivity index (χ0) is 20.4. The minimum Gasteiger partial charge on any atom is -0.383 e. The molecule has 0 aliphatic heterocycles. The molecular formula is C20H18F2N6O. The molecule has 7 nitrogen and oxygen atoms in total. The van der Waals surface area contributed by atoms with Crippen LogP contribution in [0.15, 0.2) is 48.5 Å². The molecule has 9 heteroatoms. The predicted molar refractivity (Wildman–Crippen MR) is 107 cm³/mol. The summed E-state index contributed by atoms with van der Waals surface area (Å²) >= 11 is 0. The number of benzene rings is 2. The quantitative estimate of drug-likeness (QED) is 0.486. The molecule has 0 saturated carbocycles. The van der Waals surface area contributed by atoms with Gasteiger partial charge in [0, 0.05) is 19.2 Å². The van der Waals surface area contributed by atoms with Crippen molar-refractivity contribution in [3.63, 3.8) is 0 Å². The molecule has 0 atom stereocenters. The predicted octanol–water partition coefficient (Wildman–Crippen LogP) is 3.40. The molecule has 148 valence electrons. The van der Waals surface area contributed by atoms with Crippen LogP contribution in [0.1, 0.15) is 0 Å². The van der Waals surface area contributed by atoms with Crippen molar-refractivity contribution >= 4 is 22.8 Å². The molecule has 3 N–H and O–H groups in total. The first-order valence-corrected chi connectivity index (χ1v) is 8.88. The summed E-state index contributed by atoms with van der Waals surface area (Å²) in [6, 6.07) is 12.1. The molecule has 2 heterocycles. The van der Waals surface area contributed by atoms with E-state index in [0.29, 0.717) is 29.9 Å². The smallest absolute Gasteiger partial charge is 0.225 e. The van der Waals surface area contributed by atoms with Gasteiger partial charge in [-0.2, -0.15) is 4.98 Å². The molecule has 2 aromatic heterocycles. The lowest BCUT2D eigenvalue weighted by Crippen LogP contribution is -2.11. The van der Waals surface area contributed by atoms with Crippen LogP contribution in [0.4, 0.5) is 20.5 Å². The molecule has 0 unspecified atom stereocenters. The van der Waals surface area contributed by atoms with Gasteiger partial charge in [-0.15, -0.1) is 5.10 Å². The van der Waals surface area contributed by atoms with Crippen LogP contribution in [0.25, 0.3) is 28.0 Å². The minimum atomic E-state index is -0.451. The van der Waals surface area contributed by atoms with Crippen molar-refractivity contribution in [1.82, 2.24) is 19.7 Å². The van der Waals surface area contributed by atoms with Gasteiger partial charge < -0.3 is 15.8 Å². The van der Waals surface area contributed by atoms with Crippen molar-refractivity contribution in [2.45, 2.75) is 0 Å². The minimum absolute atomic E-state index is 0.187. The third kappa shape index (κ3) is 3.59. The molecule has 2 aromatic carbocycles. The lowest BCUT2D eigenvalue weighted by molar-refractivity contribution is 0.210. The van der Waals surface area contributed by atoms with E-state index in [1.54, 1.807) is 37.4 Å². The van der Waals surface area contributed by atoms with Crippen LogP contribution in [-0.2, 0) is 4.74 Å². The maximum Gasteiger partial charge on any atom is 0.225 e. The Labute approximate surface area is 165 Å². The Morgan fingerprint density at radius 3 is 2.69 bits per heavy atom. The molecule has 0 fully saturated rings. The number of fused-ring (bicyclic) bond motifs is 1. The van der Waals surface area contributed by atoms with Crippen LogP contribution in [0, 0.1) is 11.6 Å². The fourth-order valence-corrected chi connectivity index (χ4v) is 3.01. The van der Waals surface area contributed by atoms with E-state index >= 15 is 0 Å². The summed E-state index contributed by atoms with van der Waals surface area (Å²) in [7, 11) is 1.58. The number of hydrogen-bond acceptors (Lipinski definition) is 6. The summed E-state index contributed by atoms with van der Waals surface area (Å²) in [6.45, 7) is 0.898. The highest BCUT2D eigenvalue weighted by atomic mass is 19.1. The summed E-state index contributed by atoms with van der Waals surface area (Å²) in [5.74, 6) is -0.430. The van der Waals surface area contributed by atoms with E-state index in [1.165, 1.54) is 22.9 Å². The van der Waals surface area contributed by atoms with Crippen molar-refractivity contribution in [3.05, 3.63) is 60.2 Å². The molecule has 4 rings (SSSR count). The van der Waals surface area contributed by atoms with Gasteiger partial charge >= 0.3 is 0 Å². The monoisotopic (exact) mass is 396 g/mol. The highest BCUT2D eigenvalue weighted by molar-refractivity contribution is 5.99. The molecule has 29 heavy (non-hydrogen) atoms. The SMILES string of the molecule is COCCNc1nc(-c2ccccc2F)c2c(N)n(-c3cccc(F)c3)nc2n1. The molecule has 0 saturated heterocycles. The highest BCUT2D eigenvalue weighted by Gasteiger charge is 2.21. The number of aromatic nitrogens is 4. The average Bonchev–Trinajstić information content (AvgIpc) is 3.05. The third-order valence-electron chi connectivity index (χ3n) is 4.34. The van der Waals surface area contributed by atoms with Crippen molar-refractivity contribution in [3.8, 4) is 16.9 Å². The van der Waals surface area contributed by atoms with E-state index in [4.69, 9.17) is 10.5 Å². The van der Waals surface area contributed by atoms with Crippen LogP contribution in [0.3, 0.4) is 0 Å². The summed E-state index contributed by atoms with van der Waals surface area (Å²) in [4.78, 5) is 8.85. The Kier molecular flexibility index (Phi) is 5.05. The number of rotatable bonds is 6. The molecule has 0 amide bonds. The molecular weight excluding hydrogens is 378 g/mol. The van der Waals surface area contributed by atoms with E-state index in [9.17, 15) is 8.78 Å². The van der Waals surface area contributed by atoms with Crippen molar-refractivity contribution in [1.29, 1.82) is 0 Å². The van der Waals surface area contributed by atoms with Gasteiger partial charge in [0.15, 0.2) is 5.65 Å². The summed E-state index contributed by atoms with van der Waals surface area (Å²) in [5, 5.41) is 7.82. The number of ether oxygens (including phenoxy) is 1. The van der Waals surface area contributed by atoms with Crippen molar-refractivity contribution in [2.75, 3.05) is 31.3 Å². The molecule has 4 aromatic rings. The number of methoxy groups -OCH3 is 1. The molecule has 0 bridgehead atoms. The second-order valence-corrected chi connectivity index (χ2v) is 6.27. The van der Waals surface area contributed by atoms with Crippen LogP contribution in [-0.4, -0.2) is 40.0 Å². The number of nitrogens with zero attached hydrogens (tertiary/aromatic N) is 4. The average molecular weight is 396 g/mol. The fourth-order valence-electron chi connectivity index (χ4n) is 3.01. The number of nitrogen functional groups attached to an aromatic ring is 1. The Morgan fingerprint density at radius 2 is 1.93 bits per heavy atom. The number of hydrogen-bond donors (Lipinski definition) is 2. The van der Waals surface area contributed by atoms with Crippen molar-refractivity contribution < 1.29 is 13.5 Å². The van der Waals surface area contributed by atoms with Crippen LogP contribution in [0.2, 0.25) is 0 Å². The van der Waals surface area contributed by atoms with E-state index in [2.05, 4.69) is 20.4 Å². The second-order valence-electron chi connectivity index (χ2n) is 6.27. The van der Waals surface area contributed by atoms with Gasteiger partial charge in [0.1, 0.15) is 17.5 Å². The molecule has 0 radical (unpaired) electrons.